The molecule has 0 saturated carbocycles. The number of amides is 1. The minimum atomic E-state index is 0.0817. The summed E-state index contributed by atoms with van der Waals surface area (Å²) >= 11 is 7.82. The van der Waals surface area contributed by atoms with Crippen LogP contribution in [0.4, 0.5) is 5.95 Å². The van der Waals surface area contributed by atoms with Crippen LogP contribution in [0.5, 0.6) is 0 Å². The first-order valence-corrected chi connectivity index (χ1v) is 11.0. The molecule has 0 spiro atoms. The number of rotatable bonds is 6. The van der Waals surface area contributed by atoms with Crippen molar-refractivity contribution in [3.05, 3.63) is 53.3 Å². The van der Waals surface area contributed by atoms with Crippen LogP contribution in [-0.2, 0) is 4.79 Å². The molecule has 1 atom stereocenters. The summed E-state index contributed by atoms with van der Waals surface area (Å²) in [6.45, 7) is 5.66. The largest absolute Gasteiger partial charge is 0.338 e. The number of aromatic nitrogens is 2. The minimum absolute atomic E-state index is 0.0817. The normalized spacial score (nSPS) is 20.8. The van der Waals surface area contributed by atoms with Crippen LogP contribution < -0.4 is 4.90 Å². The van der Waals surface area contributed by atoms with Crippen LogP contribution in [0.3, 0.4) is 0 Å². The summed E-state index contributed by atoms with van der Waals surface area (Å²) in [6.07, 6.45) is 4.55. The van der Waals surface area contributed by atoms with Crippen LogP contribution in [0.25, 0.3) is 0 Å². The summed E-state index contributed by atoms with van der Waals surface area (Å²) in [4.78, 5) is 27.7. The third-order valence-electron chi connectivity index (χ3n) is 5.18. The molecule has 2 fully saturated rings. The lowest BCUT2D eigenvalue weighted by Gasteiger charge is -2.35. The zero-order valence-corrected chi connectivity index (χ0v) is 17.3. The molecule has 2 aliphatic rings. The predicted molar refractivity (Wildman–Crippen MR) is 114 cm³/mol. The minimum Gasteiger partial charge on any atom is -0.338 e. The average Bonchev–Trinajstić information content (AvgIpc) is 3.10. The standard InChI is InChI=1S/C20H24ClN5OS/c21-17-5-1-4-16(14-17)19-26(18(27)15-28-19)9-3-8-24-10-12-25(13-11-24)20-22-6-2-7-23-20/h1-2,4-7,14,19H,3,8-13,15H2. The summed E-state index contributed by atoms with van der Waals surface area (Å²) in [5.41, 5.74) is 1.11. The predicted octanol–water partition coefficient (Wildman–Crippen LogP) is 2.92. The summed E-state index contributed by atoms with van der Waals surface area (Å²) < 4.78 is 0. The number of hydrogen-bond acceptors (Lipinski definition) is 6. The third kappa shape index (κ3) is 4.59. The first kappa shape index (κ1) is 19.5. The zero-order valence-electron chi connectivity index (χ0n) is 15.7. The molecule has 4 rings (SSSR count). The van der Waals surface area contributed by atoms with E-state index in [2.05, 4.69) is 25.8 Å². The number of carbonyl (C=O) groups is 1. The van der Waals surface area contributed by atoms with Crippen LogP contribution in [0.15, 0.2) is 42.7 Å². The Morgan fingerprint density at radius 3 is 2.61 bits per heavy atom. The van der Waals surface area contributed by atoms with Crippen LogP contribution in [0.1, 0.15) is 17.4 Å². The van der Waals surface area contributed by atoms with Crippen LogP contribution in [-0.4, -0.2) is 70.7 Å². The molecule has 1 aromatic heterocycles. The third-order valence-corrected chi connectivity index (χ3v) is 6.67. The molecule has 0 N–H and O–H groups in total. The molecule has 3 heterocycles. The monoisotopic (exact) mass is 417 g/mol. The van der Waals surface area contributed by atoms with Gasteiger partial charge in [0, 0.05) is 50.1 Å². The fourth-order valence-electron chi connectivity index (χ4n) is 3.72. The van der Waals surface area contributed by atoms with E-state index in [1.165, 1.54) is 0 Å². The van der Waals surface area contributed by atoms with Crippen molar-refractivity contribution in [3.8, 4) is 0 Å². The van der Waals surface area contributed by atoms with Gasteiger partial charge in [-0.3, -0.25) is 9.69 Å². The molecule has 148 valence electrons. The van der Waals surface area contributed by atoms with Gasteiger partial charge in [0.25, 0.3) is 0 Å². The van der Waals surface area contributed by atoms with Gasteiger partial charge < -0.3 is 9.80 Å². The smallest absolute Gasteiger partial charge is 0.233 e. The van der Waals surface area contributed by atoms with Gasteiger partial charge in [0.2, 0.25) is 11.9 Å². The van der Waals surface area contributed by atoms with Gasteiger partial charge in [-0.05, 0) is 36.7 Å². The maximum absolute atomic E-state index is 12.4. The SMILES string of the molecule is O=C1CSC(c2cccc(Cl)c2)N1CCCN1CCN(c2ncccn2)CC1. The van der Waals surface area contributed by atoms with E-state index in [0.717, 1.165) is 62.2 Å². The molecule has 2 aliphatic heterocycles. The van der Waals surface area contributed by atoms with Gasteiger partial charge in [-0.25, -0.2) is 9.97 Å². The topological polar surface area (TPSA) is 52.6 Å². The second-order valence-electron chi connectivity index (χ2n) is 7.04. The molecule has 2 saturated heterocycles. The van der Waals surface area contributed by atoms with Crippen LogP contribution >= 0.6 is 23.4 Å². The van der Waals surface area contributed by atoms with E-state index in [-0.39, 0.29) is 11.3 Å². The maximum Gasteiger partial charge on any atom is 0.233 e. The number of benzene rings is 1. The second kappa shape index (κ2) is 9.11. The molecule has 2 aromatic rings. The molecule has 1 amide bonds. The molecule has 0 radical (unpaired) electrons. The molecule has 1 unspecified atom stereocenters. The Kier molecular flexibility index (Phi) is 6.34. The molecule has 1 aromatic carbocycles. The molecule has 8 heteroatoms. The van der Waals surface area contributed by atoms with Gasteiger partial charge in [0.1, 0.15) is 5.37 Å². The van der Waals surface area contributed by atoms with Crippen LogP contribution in [0, 0.1) is 0 Å². The van der Waals surface area contributed by atoms with Crippen molar-refractivity contribution >= 4 is 35.2 Å². The highest BCUT2D eigenvalue weighted by molar-refractivity contribution is 8.00. The maximum atomic E-state index is 12.4. The summed E-state index contributed by atoms with van der Waals surface area (Å²) in [6, 6.07) is 9.69. The van der Waals surface area contributed by atoms with Crippen LogP contribution in [0.2, 0.25) is 5.02 Å². The second-order valence-corrected chi connectivity index (χ2v) is 8.54. The Labute approximate surface area is 174 Å². The molecule has 28 heavy (non-hydrogen) atoms. The molecular formula is C20H24ClN5OS. The lowest BCUT2D eigenvalue weighted by atomic mass is 10.2. The van der Waals surface area contributed by atoms with Crippen molar-refractivity contribution in [2.24, 2.45) is 0 Å². The fourth-order valence-corrected chi connectivity index (χ4v) is 5.13. The number of thioether (sulfide) groups is 1. The van der Waals surface area contributed by atoms with E-state index in [0.29, 0.717) is 5.75 Å². The summed E-state index contributed by atoms with van der Waals surface area (Å²) in [5.74, 6) is 1.58. The molecule has 0 aliphatic carbocycles. The number of nitrogens with zero attached hydrogens (tertiary/aromatic N) is 5. The van der Waals surface area contributed by atoms with E-state index < -0.39 is 0 Å². The van der Waals surface area contributed by atoms with E-state index in [1.807, 2.05) is 29.2 Å². The van der Waals surface area contributed by atoms with Gasteiger partial charge in [0.05, 0.1) is 5.75 Å². The Morgan fingerprint density at radius 2 is 1.86 bits per heavy atom. The van der Waals surface area contributed by atoms with Crippen molar-refractivity contribution in [1.82, 2.24) is 19.8 Å². The summed E-state index contributed by atoms with van der Waals surface area (Å²) in [5, 5.41) is 0.802. The molecular weight excluding hydrogens is 394 g/mol. The molecule has 0 bridgehead atoms. The van der Waals surface area contributed by atoms with Gasteiger partial charge in [0.15, 0.2) is 0 Å². The first-order chi connectivity index (χ1) is 13.7. The first-order valence-electron chi connectivity index (χ1n) is 9.61. The van der Waals surface area contributed by atoms with Crippen molar-refractivity contribution in [2.75, 3.05) is 49.9 Å². The van der Waals surface area contributed by atoms with E-state index >= 15 is 0 Å². The van der Waals surface area contributed by atoms with Crippen molar-refractivity contribution in [3.63, 3.8) is 0 Å². The number of carbonyl (C=O) groups excluding carboxylic acids is 1. The van der Waals surface area contributed by atoms with Gasteiger partial charge in [-0.1, -0.05) is 23.7 Å². The number of piperazine rings is 1. The van der Waals surface area contributed by atoms with E-state index in [1.54, 1.807) is 24.2 Å². The van der Waals surface area contributed by atoms with Crippen molar-refractivity contribution < 1.29 is 4.79 Å². The Balaban J connectivity index is 1.26. The number of anilines is 1. The zero-order chi connectivity index (χ0) is 19.3. The lowest BCUT2D eigenvalue weighted by Crippen LogP contribution is -2.47. The Hall–Kier alpha value is -1.83. The van der Waals surface area contributed by atoms with Crippen molar-refractivity contribution in [2.45, 2.75) is 11.8 Å². The van der Waals surface area contributed by atoms with Gasteiger partial charge in [-0.2, -0.15) is 0 Å². The van der Waals surface area contributed by atoms with E-state index in [9.17, 15) is 4.79 Å². The van der Waals surface area contributed by atoms with E-state index in [4.69, 9.17) is 11.6 Å². The van der Waals surface area contributed by atoms with Gasteiger partial charge in [-0.15, -0.1) is 11.8 Å². The Morgan fingerprint density at radius 1 is 1.07 bits per heavy atom. The number of hydrogen-bond donors (Lipinski definition) is 0. The van der Waals surface area contributed by atoms with Crippen molar-refractivity contribution in [1.29, 1.82) is 0 Å². The highest BCUT2D eigenvalue weighted by atomic mass is 35.5. The summed E-state index contributed by atoms with van der Waals surface area (Å²) in [7, 11) is 0. The number of halogens is 1. The molecule has 6 nitrogen and oxygen atoms in total. The highest BCUT2D eigenvalue weighted by Gasteiger charge is 2.32. The quantitative estimate of drug-likeness (QED) is 0.720. The average molecular weight is 418 g/mol. The fraction of sp³-hybridized carbons (Fsp3) is 0.450. The van der Waals surface area contributed by atoms with Gasteiger partial charge >= 0.3 is 0 Å². The Bertz CT molecular complexity index is 800. The lowest BCUT2D eigenvalue weighted by molar-refractivity contribution is -0.128. The highest BCUT2D eigenvalue weighted by Crippen LogP contribution is 2.39.